The monoisotopic (exact) mass is 522 g/mol. The largest absolute Gasteiger partial charge is 0.501 e. The smallest absolute Gasteiger partial charge is 0.367 e. The van der Waals surface area contributed by atoms with E-state index < -0.39 is 37.7 Å². The first kappa shape index (κ1) is 24.5. The number of benzene rings is 1. The Bertz CT molecular complexity index is 1290. The molecule has 3 fully saturated rings. The van der Waals surface area contributed by atoms with E-state index in [1.54, 1.807) is 12.3 Å². The van der Waals surface area contributed by atoms with Gasteiger partial charge in [0.2, 0.25) is 0 Å². The summed E-state index contributed by atoms with van der Waals surface area (Å²) in [6.45, 7) is 0.170. The van der Waals surface area contributed by atoms with Crippen molar-refractivity contribution in [1.82, 2.24) is 9.88 Å². The highest BCUT2D eigenvalue weighted by molar-refractivity contribution is 7.92. The van der Waals surface area contributed by atoms with Gasteiger partial charge in [-0.2, -0.15) is 13.2 Å². The number of imide groups is 1. The number of carbonyl (C=O) groups excluding carboxylic acids is 2. The summed E-state index contributed by atoms with van der Waals surface area (Å²) in [5, 5.41) is 3.44. The van der Waals surface area contributed by atoms with Crippen LogP contribution in [-0.2, 0) is 21.2 Å². The highest BCUT2D eigenvalue weighted by Gasteiger charge is 2.65. The fraction of sp³-hybridized carbons (Fsp3) is 0.458. The van der Waals surface area contributed by atoms with Crippen LogP contribution in [0.1, 0.15) is 50.5 Å². The van der Waals surface area contributed by atoms with E-state index in [2.05, 4.69) is 10.3 Å². The summed E-state index contributed by atoms with van der Waals surface area (Å²) >= 11 is 0. The van der Waals surface area contributed by atoms with Crippen LogP contribution in [0.5, 0.6) is 0 Å². The van der Waals surface area contributed by atoms with Crippen LogP contribution in [0.25, 0.3) is 0 Å². The van der Waals surface area contributed by atoms with Crippen LogP contribution >= 0.6 is 0 Å². The van der Waals surface area contributed by atoms with Gasteiger partial charge in [-0.25, -0.2) is 23.1 Å². The molecule has 5 rings (SSSR count). The van der Waals surface area contributed by atoms with Gasteiger partial charge in [-0.15, -0.1) is 0 Å². The number of urea groups is 1. The number of aromatic nitrogens is 1. The van der Waals surface area contributed by atoms with E-state index in [9.17, 15) is 31.2 Å². The first-order chi connectivity index (χ1) is 17.0. The molecule has 192 valence electrons. The van der Waals surface area contributed by atoms with Crippen molar-refractivity contribution in [2.45, 2.75) is 73.5 Å². The van der Waals surface area contributed by atoms with E-state index in [0.717, 1.165) is 47.6 Å². The summed E-state index contributed by atoms with van der Waals surface area (Å²) in [4.78, 5) is 32.4. The minimum atomic E-state index is -5.53. The molecular weight excluding hydrogens is 497 g/mol. The highest BCUT2D eigenvalue weighted by atomic mass is 32.2. The van der Waals surface area contributed by atoms with Gasteiger partial charge in [0, 0.05) is 18.8 Å². The van der Waals surface area contributed by atoms with Crippen molar-refractivity contribution in [3.63, 3.8) is 0 Å². The molecule has 2 saturated carbocycles. The third kappa shape index (κ3) is 4.21. The summed E-state index contributed by atoms with van der Waals surface area (Å²) in [5.74, 6) is 0.245. The van der Waals surface area contributed by atoms with E-state index in [4.69, 9.17) is 0 Å². The quantitative estimate of drug-likeness (QED) is 0.556. The molecule has 0 bridgehead atoms. The lowest BCUT2D eigenvalue weighted by Gasteiger charge is -2.24. The number of anilines is 2. The maximum absolute atomic E-state index is 13.3. The van der Waals surface area contributed by atoms with Crippen LogP contribution < -0.4 is 10.2 Å². The number of hydrogen-bond donors (Lipinski definition) is 1. The Hall–Kier alpha value is -3.15. The number of nitrogens with one attached hydrogen (secondary N) is 1. The first-order valence-corrected chi connectivity index (χ1v) is 13.3. The van der Waals surface area contributed by atoms with Crippen LogP contribution in [0.15, 0.2) is 47.5 Å². The van der Waals surface area contributed by atoms with Gasteiger partial charge < -0.3 is 10.2 Å². The summed E-state index contributed by atoms with van der Waals surface area (Å²) in [7, 11) is -5.53. The Morgan fingerprint density at radius 1 is 1.03 bits per heavy atom. The molecule has 0 radical (unpaired) electrons. The third-order valence-electron chi connectivity index (χ3n) is 7.10. The summed E-state index contributed by atoms with van der Waals surface area (Å²) in [6, 6.07) is 7.01. The molecule has 0 atom stereocenters. The molecule has 1 aromatic carbocycles. The van der Waals surface area contributed by atoms with Gasteiger partial charge in [0.25, 0.3) is 15.7 Å². The number of pyridine rings is 1. The van der Waals surface area contributed by atoms with E-state index in [1.165, 1.54) is 24.2 Å². The number of carbonyl (C=O) groups is 2. The van der Waals surface area contributed by atoms with Gasteiger partial charge in [0.15, 0.2) is 0 Å². The zero-order valence-electron chi connectivity index (χ0n) is 19.3. The van der Waals surface area contributed by atoms with E-state index in [-0.39, 0.29) is 12.2 Å². The third-order valence-corrected chi connectivity index (χ3v) is 8.60. The van der Waals surface area contributed by atoms with E-state index >= 15 is 0 Å². The second-order valence-corrected chi connectivity index (χ2v) is 11.5. The predicted molar refractivity (Wildman–Crippen MR) is 125 cm³/mol. The topological polar surface area (TPSA) is 99.7 Å². The van der Waals surface area contributed by atoms with E-state index in [1.807, 2.05) is 6.07 Å². The lowest BCUT2D eigenvalue weighted by Crippen LogP contribution is -2.36. The number of halogens is 3. The molecule has 1 aliphatic heterocycles. The molecule has 3 amide bonds. The highest BCUT2D eigenvalue weighted by Crippen LogP contribution is 2.50. The van der Waals surface area contributed by atoms with Gasteiger partial charge in [0.05, 0.1) is 10.6 Å². The molecule has 1 aromatic heterocycles. The zero-order valence-corrected chi connectivity index (χ0v) is 20.1. The molecule has 1 N–H and O–H groups in total. The molecule has 8 nitrogen and oxygen atoms in total. The number of nitrogens with zero attached hydrogens (tertiary/aromatic N) is 3. The minimum Gasteiger partial charge on any atom is -0.367 e. The Balaban J connectivity index is 1.35. The Morgan fingerprint density at radius 2 is 1.69 bits per heavy atom. The average molecular weight is 523 g/mol. The van der Waals surface area contributed by atoms with Gasteiger partial charge in [-0.1, -0.05) is 19.3 Å². The number of amides is 3. The van der Waals surface area contributed by atoms with Crippen LogP contribution in [0.3, 0.4) is 0 Å². The molecule has 1 spiro atoms. The normalized spacial score (nSPS) is 20.3. The van der Waals surface area contributed by atoms with Crippen LogP contribution in [0.4, 0.5) is 29.5 Å². The molecular formula is C24H25F3N4O4S. The second kappa shape index (κ2) is 8.75. The molecule has 2 aliphatic carbocycles. The lowest BCUT2D eigenvalue weighted by atomic mass is 9.95. The Labute approximate surface area is 206 Å². The number of hydrogen-bond acceptors (Lipinski definition) is 6. The predicted octanol–water partition coefficient (Wildman–Crippen LogP) is 4.62. The number of alkyl halides is 3. The molecule has 1 saturated heterocycles. The zero-order chi connectivity index (χ0) is 25.7. The minimum absolute atomic E-state index is 0.0225. The molecule has 2 heterocycles. The average Bonchev–Trinajstić information content (AvgIpc) is 3.62. The Morgan fingerprint density at radius 3 is 2.31 bits per heavy atom. The van der Waals surface area contributed by atoms with E-state index in [0.29, 0.717) is 24.7 Å². The maximum atomic E-state index is 13.3. The molecule has 3 aliphatic rings. The fourth-order valence-corrected chi connectivity index (χ4v) is 5.72. The number of sulfone groups is 1. The summed E-state index contributed by atoms with van der Waals surface area (Å²) < 4.78 is 61.8. The maximum Gasteiger partial charge on any atom is 0.501 e. The van der Waals surface area contributed by atoms with Gasteiger partial charge in [-0.05, 0) is 67.6 Å². The van der Waals surface area contributed by atoms with Crippen molar-refractivity contribution in [2.75, 3.05) is 10.2 Å². The van der Waals surface area contributed by atoms with Crippen molar-refractivity contribution in [3.8, 4) is 0 Å². The summed E-state index contributed by atoms with van der Waals surface area (Å²) in [5.41, 5.74) is -5.62. The van der Waals surface area contributed by atoms with Crippen LogP contribution in [0, 0.1) is 0 Å². The standard InChI is InChI=1S/C24H25F3N4O4S/c25-24(26,27)36(34,35)19-8-6-18(7-9-19)31-21(32)23(11-12-23)30(22(31)33)15-16-10-13-28-20(14-16)29-17-4-2-1-3-5-17/h6-10,13-14,17H,1-5,11-12,15H2,(H,28,29). The van der Waals surface area contributed by atoms with Gasteiger partial charge in [-0.3, -0.25) is 4.79 Å². The Kier molecular flexibility index (Phi) is 5.97. The molecule has 2 aromatic rings. The van der Waals surface area contributed by atoms with Gasteiger partial charge >= 0.3 is 11.5 Å². The SMILES string of the molecule is O=C1N(c2ccc(S(=O)(=O)C(F)(F)F)cc2)C(=O)C2(CC2)N1Cc1ccnc(NC2CCCCC2)c1. The van der Waals surface area contributed by atoms with Gasteiger partial charge in [0.1, 0.15) is 11.4 Å². The van der Waals surface area contributed by atoms with Crippen molar-refractivity contribution in [3.05, 3.63) is 48.2 Å². The van der Waals surface area contributed by atoms with Crippen molar-refractivity contribution >= 4 is 33.3 Å². The lowest BCUT2D eigenvalue weighted by molar-refractivity contribution is -0.120. The second-order valence-electron chi connectivity index (χ2n) is 9.51. The summed E-state index contributed by atoms with van der Waals surface area (Å²) in [6.07, 6.45) is 8.33. The fourth-order valence-electron chi connectivity index (χ4n) is 4.96. The molecule has 0 unspecified atom stereocenters. The number of rotatable bonds is 6. The van der Waals surface area contributed by atoms with Crippen molar-refractivity contribution in [1.29, 1.82) is 0 Å². The van der Waals surface area contributed by atoms with Crippen molar-refractivity contribution in [2.24, 2.45) is 0 Å². The first-order valence-electron chi connectivity index (χ1n) is 11.8. The van der Waals surface area contributed by atoms with Crippen molar-refractivity contribution < 1.29 is 31.2 Å². The van der Waals surface area contributed by atoms with Crippen LogP contribution in [-0.4, -0.2) is 47.3 Å². The van der Waals surface area contributed by atoms with Crippen LogP contribution in [0.2, 0.25) is 0 Å². The molecule has 12 heteroatoms. The molecule has 36 heavy (non-hydrogen) atoms.